The van der Waals surface area contributed by atoms with Gasteiger partial charge in [-0.1, -0.05) is 40.0 Å². The molecule has 1 aromatic carbocycles. The second kappa shape index (κ2) is 6.97. The Bertz CT molecular complexity index is 316. The highest BCUT2D eigenvalue weighted by atomic mass is 14.2. The molecule has 18 heavy (non-hydrogen) atoms. The molecule has 0 amide bonds. The maximum Gasteiger partial charge on any atom is -0.0276 e. The summed E-state index contributed by atoms with van der Waals surface area (Å²) in [6.45, 7) is 13.9. The van der Waals surface area contributed by atoms with Gasteiger partial charge in [0.25, 0.3) is 0 Å². The second-order valence-electron chi connectivity index (χ2n) is 5.56. The maximum atomic E-state index is 2.34. The van der Waals surface area contributed by atoms with Crippen LogP contribution in [0.25, 0.3) is 0 Å². The van der Waals surface area contributed by atoms with Crippen LogP contribution < -0.4 is 0 Å². The van der Waals surface area contributed by atoms with Crippen molar-refractivity contribution in [2.24, 2.45) is 0 Å². The van der Waals surface area contributed by atoms with Crippen molar-refractivity contribution in [1.82, 2.24) is 0 Å². The van der Waals surface area contributed by atoms with Crippen LogP contribution in [-0.4, -0.2) is 0 Å². The van der Waals surface area contributed by atoms with E-state index in [-0.39, 0.29) is 0 Å². The molecular formula is C18H30. The van der Waals surface area contributed by atoms with E-state index < -0.39 is 0 Å². The molecule has 0 spiro atoms. The molecule has 0 aromatic heterocycles. The Morgan fingerprint density at radius 3 is 0.889 bits per heavy atom. The van der Waals surface area contributed by atoms with Gasteiger partial charge in [-0.15, -0.1) is 0 Å². The van der Waals surface area contributed by atoms with Crippen LogP contribution >= 0.6 is 0 Å². The van der Waals surface area contributed by atoms with Crippen molar-refractivity contribution in [2.75, 3.05) is 0 Å². The highest BCUT2D eigenvalue weighted by Crippen LogP contribution is 2.30. The highest BCUT2D eigenvalue weighted by molar-refractivity contribution is 5.50. The van der Waals surface area contributed by atoms with Gasteiger partial charge in [-0.2, -0.15) is 0 Å². The molecule has 0 saturated carbocycles. The first-order valence-electron chi connectivity index (χ1n) is 7.68. The molecule has 0 radical (unpaired) electrons. The first kappa shape index (κ1) is 15.3. The summed E-state index contributed by atoms with van der Waals surface area (Å²) in [5, 5.41) is 0. The van der Waals surface area contributed by atoms with Gasteiger partial charge < -0.3 is 0 Å². The molecule has 0 bridgehead atoms. The third-order valence-corrected chi connectivity index (χ3v) is 4.22. The average Bonchev–Trinajstić information content (AvgIpc) is 2.35. The molecule has 1 aromatic rings. The molecule has 0 aliphatic carbocycles. The van der Waals surface area contributed by atoms with Gasteiger partial charge in [-0.05, 0) is 73.4 Å². The molecule has 0 aliphatic rings. The summed E-state index contributed by atoms with van der Waals surface area (Å²) in [6.07, 6.45) is 7.48. The number of benzene rings is 1. The fourth-order valence-electron chi connectivity index (χ4n) is 3.27. The summed E-state index contributed by atoms with van der Waals surface area (Å²) in [5.41, 5.74) is 9.63. The number of hydrogen-bond acceptors (Lipinski definition) is 0. The Labute approximate surface area is 114 Å². The van der Waals surface area contributed by atoms with Crippen LogP contribution in [0, 0.1) is 20.8 Å². The zero-order valence-corrected chi connectivity index (χ0v) is 13.2. The van der Waals surface area contributed by atoms with Crippen molar-refractivity contribution in [3.8, 4) is 0 Å². The minimum absolute atomic E-state index is 1.24. The summed E-state index contributed by atoms with van der Waals surface area (Å²) in [5.74, 6) is 0. The molecular weight excluding hydrogens is 216 g/mol. The van der Waals surface area contributed by atoms with E-state index in [1.807, 2.05) is 0 Å². The van der Waals surface area contributed by atoms with Gasteiger partial charge in [0, 0.05) is 0 Å². The van der Waals surface area contributed by atoms with Crippen LogP contribution in [0.15, 0.2) is 0 Å². The van der Waals surface area contributed by atoms with Gasteiger partial charge in [-0.3, -0.25) is 0 Å². The average molecular weight is 246 g/mol. The molecule has 0 heteroatoms. The summed E-state index contributed by atoms with van der Waals surface area (Å²) in [6, 6.07) is 0. The molecule has 0 N–H and O–H groups in total. The van der Waals surface area contributed by atoms with Crippen molar-refractivity contribution in [2.45, 2.75) is 80.1 Å². The largest absolute Gasteiger partial charge is 0.0651 e. The van der Waals surface area contributed by atoms with E-state index in [0.717, 1.165) is 0 Å². The predicted octanol–water partition coefficient (Wildman–Crippen LogP) is 5.47. The molecule has 102 valence electrons. The predicted molar refractivity (Wildman–Crippen MR) is 82.6 cm³/mol. The SMILES string of the molecule is CCCc1c(C)c(CCC)c(C)c(CCC)c1C. The third kappa shape index (κ3) is 2.96. The lowest BCUT2D eigenvalue weighted by atomic mass is 9.83. The maximum absolute atomic E-state index is 2.34. The minimum atomic E-state index is 1.24. The molecule has 1 rings (SSSR count). The smallest absolute Gasteiger partial charge is 0.0276 e. The van der Waals surface area contributed by atoms with Gasteiger partial charge >= 0.3 is 0 Å². The zero-order chi connectivity index (χ0) is 13.7. The van der Waals surface area contributed by atoms with Gasteiger partial charge in [0.2, 0.25) is 0 Å². The van der Waals surface area contributed by atoms with Crippen LogP contribution in [0.3, 0.4) is 0 Å². The quantitative estimate of drug-likeness (QED) is 0.624. The lowest BCUT2D eigenvalue weighted by Gasteiger charge is -2.22. The highest BCUT2D eigenvalue weighted by Gasteiger charge is 2.15. The summed E-state index contributed by atoms with van der Waals surface area (Å²) < 4.78 is 0. The minimum Gasteiger partial charge on any atom is -0.0651 e. The van der Waals surface area contributed by atoms with Crippen molar-refractivity contribution in [1.29, 1.82) is 0 Å². The van der Waals surface area contributed by atoms with Crippen LogP contribution in [-0.2, 0) is 19.3 Å². The third-order valence-electron chi connectivity index (χ3n) is 4.22. The Balaban J connectivity index is 3.42. The standard InChI is InChI=1S/C18H30/c1-7-10-16-13(4)17(11-8-2)15(6)18(12-9-3)14(16)5/h7-12H2,1-6H3. The number of hydrogen-bond donors (Lipinski definition) is 0. The Morgan fingerprint density at radius 2 is 0.722 bits per heavy atom. The first-order chi connectivity index (χ1) is 8.58. The molecule has 0 nitrogen and oxygen atoms in total. The van der Waals surface area contributed by atoms with Gasteiger partial charge in [0.15, 0.2) is 0 Å². The van der Waals surface area contributed by atoms with Gasteiger partial charge in [0.1, 0.15) is 0 Å². The lowest BCUT2D eigenvalue weighted by molar-refractivity contribution is 0.834. The van der Waals surface area contributed by atoms with Crippen molar-refractivity contribution in [3.05, 3.63) is 33.4 Å². The van der Waals surface area contributed by atoms with E-state index in [2.05, 4.69) is 41.5 Å². The lowest BCUT2D eigenvalue weighted by Crippen LogP contribution is -2.07. The summed E-state index contributed by atoms with van der Waals surface area (Å²) >= 11 is 0. The van der Waals surface area contributed by atoms with E-state index in [1.165, 1.54) is 38.5 Å². The van der Waals surface area contributed by atoms with E-state index in [0.29, 0.717) is 0 Å². The van der Waals surface area contributed by atoms with Crippen LogP contribution in [0.4, 0.5) is 0 Å². The molecule has 0 heterocycles. The molecule has 0 atom stereocenters. The van der Waals surface area contributed by atoms with Gasteiger partial charge in [0.05, 0.1) is 0 Å². The van der Waals surface area contributed by atoms with Crippen LogP contribution in [0.5, 0.6) is 0 Å². The Morgan fingerprint density at radius 1 is 0.500 bits per heavy atom. The topological polar surface area (TPSA) is 0 Å². The summed E-state index contributed by atoms with van der Waals surface area (Å²) in [7, 11) is 0. The fraction of sp³-hybridized carbons (Fsp3) is 0.667. The van der Waals surface area contributed by atoms with Crippen LogP contribution in [0.2, 0.25) is 0 Å². The molecule has 0 saturated heterocycles. The van der Waals surface area contributed by atoms with Crippen molar-refractivity contribution in [3.63, 3.8) is 0 Å². The fourth-order valence-corrected chi connectivity index (χ4v) is 3.27. The molecule has 0 unspecified atom stereocenters. The van der Waals surface area contributed by atoms with E-state index in [1.54, 1.807) is 33.4 Å². The van der Waals surface area contributed by atoms with E-state index >= 15 is 0 Å². The van der Waals surface area contributed by atoms with E-state index in [4.69, 9.17) is 0 Å². The van der Waals surface area contributed by atoms with Crippen molar-refractivity contribution < 1.29 is 0 Å². The summed E-state index contributed by atoms with van der Waals surface area (Å²) in [4.78, 5) is 0. The number of rotatable bonds is 6. The second-order valence-corrected chi connectivity index (χ2v) is 5.56. The van der Waals surface area contributed by atoms with Crippen molar-refractivity contribution >= 4 is 0 Å². The molecule has 0 fully saturated rings. The monoisotopic (exact) mass is 246 g/mol. The van der Waals surface area contributed by atoms with Crippen LogP contribution in [0.1, 0.15) is 73.4 Å². The Kier molecular flexibility index (Phi) is 5.91. The normalized spacial score (nSPS) is 11.0. The zero-order valence-electron chi connectivity index (χ0n) is 13.2. The van der Waals surface area contributed by atoms with Gasteiger partial charge in [-0.25, -0.2) is 0 Å². The first-order valence-corrected chi connectivity index (χ1v) is 7.68. The van der Waals surface area contributed by atoms with E-state index in [9.17, 15) is 0 Å². The Hall–Kier alpha value is -0.780. The molecule has 0 aliphatic heterocycles.